The molecule has 0 saturated carbocycles. The molecular weight excluding hydrogens is 325 g/mol. The van der Waals surface area contributed by atoms with Crippen LogP contribution < -0.4 is 5.32 Å². The number of nitrogens with zero attached hydrogens (tertiary/aromatic N) is 2. The Balaban J connectivity index is 2.30. The molecule has 0 fully saturated rings. The number of nitrogens with one attached hydrogen (secondary N) is 1. The second-order valence-corrected chi connectivity index (χ2v) is 5.31. The van der Waals surface area contributed by atoms with Gasteiger partial charge in [0.1, 0.15) is 11.5 Å². The van der Waals surface area contributed by atoms with E-state index in [1.54, 1.807) is 13.0 Å². The lowest BCUT2D eigenvalue weighted by atomic mass is 10.1. The maximum atomic E-state index is 13.5. The summed E-state index contributed by atoms with van der Waals surface area (Å²) in [5.74, 6) is -2.66. The van der Waals surface area contributed by atoms with Crippen LogP contribution in [0.15, 0.2) is 24.3 Å². The zero-order valence-corrected chi connectivity index (χ0v) is 13.3. The van der Waals surface area contributed by atoms with Crippen LogP contribution in [0.25, 0.3) is 0 Å². The molecule has 0 bridgehead atoms. The van der Waals surface area contributed by atoms with Gasteiger partial charge in [0, 0.05) is 6.54 Å². The molecule has 0 aliphatic heterocycles. The maximum absolute atomic E-state index is 13.5. The molecule has 1 heterocycles. The summed E-state index contributed by atoms with van der Waals surface area (Å²) >= 11 is 5.59. The third-order valence-electron chi connectivity index (χ3n) is 3.23. The van der Waals surface area contributed by atoms with Crippen molar-refractivity contribution in [1.29, 1.82) is 0 Å². The van der Waals surface area contributed by atoms with E-state index in [0.29, 0.717) is 12.2 Å². The van der Waals surface area contributed by atoms with Crippen molar-refractivity contribution in [2.24, 2.45) is 0 Å². The summed E-state index contributed by atoms with van der Waals surface area (Å²) in [5, 5.41) is 15.7. The molecular formula is C15H15ClFN3O3. The summed E-state index contributed by atoms with van der Waals surface area (Å²) in [6.45, 7) is 4.00. The highest BCUT2D eigenvalue weighted by Gasteiger charge is 2.25. The lowest BCUT2D eigenvalue weighted by Gasteiger charge is -2.15. The van der Waals surface area contributed by atoms with E-state index in [9.17, 15) is 19.1 Å². The lowest BCUT2D eigenvalue weighted by Crippen LogP contribution is -2.35. The van der Waals surface area contributed by atoms with Gasteiger partial charge < -0.3 is 10.4 Å². The number of carboxylic acid groups (broad SMARTS) is 1. The Bertz CT molecular complexity index is 760. The predicted octanol–water partition coefficient (Wildman–Crippen LogP) is 2.56. The highest BCUT2D eigenvalue weighted by molar-refractivity contribution is 6.30. The van der Waals surface area contributed by atoms with Gasteiger partial charge in [-0.05, 0) is 37.6 Å². The van der Waals surface area contributed by atoms with Crippen LogP contribution in [0.5, 0.6) is 0 Å². The molecule has 8 heteroatoms. The Morgan fingerprint density at radius 1 is 1.43 bits per heavy atom. The van der Waals surface area contributed by atoms with Gasteiger partial charge in [-0.15, -0.1) is 0 Å². The van der Waals surface area contributed by atoms with Crippen LogP contribution >= 0.6 is 11.6 Å². The minimum absolute atomic E-state index is 0.0898. The normalized spacial score (nSPS) is 12.0. The third kappa shape index (κ3) is 3.68. The number of halogens is 2. The summed E-state index contributed by atoms with van der Waals surface area (Å²) in [7, 11) is 0. The average molecular weight is 340 g/mol. The molecule has 2 rings (SSSR count). The van der Waals surface area contributed by atoms with Crippen LogP contribution in [0.2, 0.25) is 5.02 Å². The molecule has 2 aromatic rings. The van der Waals surface area contributed by atoms with Gasteiger partial charge in [-0.3, -0.25) is 9.48 Å². The van der Waals surface area contributed by atoms with Crippen LogP contribution in [0.4, 0.5) is 4.39 Å². The summed E-state index contributed by atoms with van der Waals surface area (Å²) in [4.78, 5) is 23.8. The Labute approximate surface area is 136 Å². The molecule has 0 aliphatic carbocycles. The van der Waals surface area contributed by atoms with Crippen LogP contribution in [-0.4, -0.2) is 26.8 Å². The molecule has 0 saturated heterocycles. The molecule has 0 radical (unpaired) electrons. The number of carbonyl (C=O) groups excluding carboxylic acids is 1. The van der Waals surface area contributed by atoms with Crippen LogP contribution in [0.3, 0.4) is 0 Å². The van der Waals surface area contributed by atoms with Gasteiger partial charge in [0.2, 0.25) is 0 Å². The van der Waals surface area contributed by atoms with Crippen molar-refractivity contribution in [1.82, 2.24) is 15.1 Å². The fraction of sp³-hybridized carbons (Fsp3) is 0.267. The number of aliphatic carboxylic acids is 1. The first-order valence-corrected chi connectivity index (χ1v) is 7.24. The number of benzene rings is 1. The van der Waals surface area contributed by atoms with E-state index in [1.165, 1.54) is 16.8 Å². The highest BCUT2D eigenvalue weighted by Crippen LogP contribution is 2.21. The fourth-order valence-corrected chi connectivity index (χ4v) is 2.27. The van der Waals surface area contributed by atoms with Crippen molar-refractivity contribution in [3.05, 3.63) is 52.1 Å². The van der Waals surface area contributed by atoms with Crippen LogP contribution in [-0.2, 0) is 11.3 Å². The second kappa shape index (κ2) is 6.78. The zero-order chi connectivity index (χ0) is 17.1. The maximum Gasteiger partial charge on any atom is 0.330 e. The molecule has 1 aromatic heterocycles. The minimum Gasteiger partial charge on any atom is -0.479 e. The highest BCUT2D eigenvalue weighted by atomic mass is 35.5. The van der Waals surface area contributed by atoms with Crippen molar-refractivity contribution in [3.8, 4) is 0 Å². The van der Waals surface area contributed by atoms with Gasteiger partial charge in [0.25, 0.3) is 5.91 Å². The van der Waals surface area contributed by atoms with Gasteiger partial charge >= 0.3 is 5.97 Å². The molecule has 122 valence electrons. The fourth-order valence-electron chi connectivity index (χ4n) is 2.15. The van der Waals surface area contributed by atoms with E-state index in [-0.39, 0.29) is 16.3 Å². The van der Waals surface area contributed by atoms with Gasteiger partial charge in [0.05, 0.1) is 10.7 Å². The topological polar surface area (TPSA) is 84.2 Å². The van der Waals surface area contributed by atoms with Crippen molar-refractivity contribution < 1.29 is 19.1 Å². The van der Waals surface area contributed by atoms with E-state index >= 15 is 0 Å². The van der Waals surface area contributed by atoms with E-state index in [4.69, 9.17) is 11.6 Å². The third-order valence-corrected chi connectivity index (χ3v) is 3.54. The van der Waals surface area contributed by atoms with Crippen molar-refractivity contribution in [2.45, 2.75) is 26.4 Å². The van der Waals surface area contributed by atoms with E-state index in [2.05, 4.69) is 10.4 Å². The SMILES string of the molecule is CCn1nc(C)cc1C(=O)NC(C(=O)O)c1ccc(Cl)c(F)c1. The van der Waals surface area contributed by atoms with Crippen molar-refractivity contribution in [3.63, 3.8) is 0 Å². The number of carbonyl (C=O) groups is 2. The standard InChI is InChI=1S/C15H15ClFN3O3/c1-3-20-12(6-8(2)19-20)14(21)18-13(15(22)23)9-4-5-10(16)11(17)7-9/h4-7,13H,3H2,1-2H3,(H,18,21)(H,22,23). The molecule has 0 spiro atoms. The van der Waals surface area contributed by atoms with Crippen LogP contribution in [0, 0.1) is 12.7 Å². The minimum atomic E-state index is -1.39. The smallest absolute Gasteiger partial charge is 0.330 e. The number of hydrogen-bond donors (Lipinski definition) is 2. The molecule has 0 aliphatic rings. The molecule has 2 N–H and O–H groups in total. The Morgan fingerprint density at radius 2 is 2.13 bits per heavy atom. The van der Waals surface area contributed by atoms with Gasteiger partial charge in [-0.2, -0.15) is 5.10 Å². The lowest BCUT2D eigenvalue weighted by molar-refractivity contribution is -0.139. The number of aryl methyl sites for hydroxylation is 2. The summed E-state index contributed by atoms with van der Waals surface area (Å²) in [6.07, 6.45) is 0. The quantitative estimate of drug-likeness (QED) is 0.876. The molecule has 1 amide bonds. The van der Waals surface area contributed by atoms with E-state index in [0.717, 1.165) is 6.07 Å². The first kappa shape index (κ1) is 17.0. The molecule has 6 nitrogen and oxygen atoms in total. The molecule has 1 unspecified atom stereocenters. The zero-order valence-electron chi connectivity index (χ0n) is 12.5. The van der Waals surface area contributed by atoms with Gasteiger partial charge in [0.15, 0.2) is 6.04 Å². The summed E-state index contributed by atoms with van der Waals surface area (Å²) < 4.78 is 15.0. The van der Waals surface area contributed by atoms with E-state index < -0.39 is 23.7 Å². The summed E-state index contributed by atoms with van der Waals surface area (Å²) in [6, 6.07) is 3.75. The Hall–Kier alpha value is -2.41. The van der Waals surface area contributed by atoms with Crippen molar-refractivity contribution in [2.75, 3.05) is 0 Å². The number of rotatable bonds is 5. The Kier molecular flexibility index (Phi) is 5.00. The first-order chi connectivity index (χ1) is 10.8. The monoisotopic (exact) mass is 339 g/mol. The predicted molar refractivity (Wildman–Crippen MR) is 81.9 cm³/mol. The molecule has 1 atom stereocenters. The number of aromatic nitrogens is 2. The largest absolute Gasteiger partial charge is 0.479 e. The molecule has 23 heavy (non-hydrogen) atoms. The van der Waals surface area contributed by atoms with Gasteiger partial charge in [-0.1, -0.05) is 17.7 Å². The van der Waals surface area contributed by atoms with Crippen LogP contribution in [0.1, 0.15) is 34.7 Å². The number of carboxylic acids is 1. The van der Waals surface area contributed by atoms with Gasteiger partial charge in [-0.25, -0.2) is 9.18 Å². The second-order valence-electron chi connectivity index (χ2n) is 4.90. The first-order valence-electron chi connectivity index (χ1n) is 6.86. The number of amides is 1. The van der Waals surface area contributed by atoms with E-state index in [1.807, 2.05) is 6.92 Å². The van der Waals surface area contributed by atoms with Crippen molar-refractivity contribution >= 4 is 23.5 Å². The number of hydrogen-bond acceptors (Lipinski definition) is 3. The summed E-state index contributed by atoms with van der Waals surface area (Å²) in [5.41, 5.74) is 0.971. The average Bonchev–Trinajstić information content (AvgIpc) is 2.88. The Morgan fingerprint density at radius 3 is 2.70 bits per heavy atom. The molecule has 1 aromatic carbocycles.